The lowest BCUT2D eigenvalue weighted by molar-refractivity contribution is 0.323. The molecular formula is C19H17N3S2. The highest BCUT2D eigenvalue weighted by molar-refractivity contribution is 8.14. The Morgan fingerprint density at radius 2 is 2.25 bits per heavy atom. The second-order valence-corrected chi connectivity index (χ2v) is 8.37. The third-order valence-corrected chi connectivity index (χ3v) is 6.91. The number of nitrogens with zero attached hydrogens (tertiary/aromatic N) is 3. The van der Waals surface area contributed by atoms with Gasteiger partial charge in [-0.1, -0.05) is 23.9 Å². The highest BCUT2D eigenvalue weighted by Gasteiger charge is 2.35. The standard InChI is InChI=1S/C19H17N3S2/c1-12-7-16-13(9-20-12)3-2-4-17(16)21-19-22-10-14-5-6-23-18(14)8-15(22)11-24-19/h2-7,9,15H,8,10-11H2,1H3. The molecule has 0 saturated carbocycles. The van der Waals surface area contributed by atoms with E-state index in [0.29, 0.717) is 6.04 Å². The minimum atomic E-state index is 0.596. The molecule has 2 aliphatic heterocycles. The molecule has 0 radical (unpaired) electrons. The van der Waals surface area contributed by atoms with Gasteiger partial charge >= 0.3 is 0 Å². The Morgan fingerprint density at radius 3 is 3.21 bits per heavy atom. The van der Waals surface area contributed by atoms with Crippen LogP contribution in [-0.2, 0) is 13.0 Å². The summed E-state index contributed by atoms with van der Waals surface area (Å²) in [7, 11) is 0. The van der Waals surface area contributed by atoms with Crippen LogP contribution in [0.1, 0.15) is 16.1 Å². The minimum Gasteiger partial charge on any atom is -0.343 e. The molecule has 1 saturated heterocycles. The van der Waals surface area contributed by atoms with Crippen molar-refractivity contribution < 1.29 is 0 Å². The van der Waals surface area contributed by atoms with Crippen LogP contribution in [0.15, 0.2) is 46.9 Å². The van der Waals surface area contributed by atoms with Crippen molar-refractivity contribution in [1.29, 1.82) is 0 Å². The zero-order valence-electron chi connectivity index (χ0n) is 13.4. The summed E-state index contributed by atoms with van der Waals surface area (Å²) in [5.74, 6) is 1.14. The van der Waals surface area contributed by atoms with E-state index >= 15 is 0 Å². The second-order valence-electron chi connectivity index (χ2n) is 6.38. The maximum atomic E-state index is 5.05. The first kappa shape index (κ1) is 14.5. The molecule has 1 atom stereocenters. The first-order valence-corrected chi connectivity index (χ1v) is 10.0. The number of fused-ring (bicyclic) bond motifs is 3. The highest BCUT2D eigenvalue weighted by Crippen LogP contribution is 2.37. The van der Waals surface area contributed by atoms with E-state index in [-0.39, 0.29) is 0 Å². The van der Waals surface area contributed by atoms with Crippen LogP contribution in [0, 0.1) is 6.92 Å². The molecule has 5 rings (SSSR count). The summed E-state index contributed by atoms with van der Waals surface area (Å²) in [6, 6.07) is 11.3. The van der Waals surface area contributed by atoms with Crippen LogP contribution < -0.4 is 0 Å². The Bertz CT molecular complexity index is 960. The molecule has 3 nitrogen and oxygen atoms in total. The molecule has 4 heterocycles. The maximum Gasteiger partial charge on any atom is 0.165 e. The van der Waals surface area contributed by atoms with Gasteiger partial charge in [-0.15, -0.1) is 11.3 Å². The van der Waals surface area contributed by atoms with Crippen molar-refractivity contribution >= 4 is 44.7 Å². The molecule has 1 aromatic carbocycles. The Balaban J connectivity index is 1.56. The van der Waals surface area contributed by atoms with E-state index in [1.54, 1.807) is 4.88 Å². The topological polar surface area (TPSA) is 28.5 Å². The largest absolute Gasteiger partial charge is 0.343 e. The van der Waals surface area contributed by atoms with Crippen molar-refractivity contribution in [1.82, 2.24) is 9.88 Å². The molecule has 5 heteroatoms. The molecule has 2 aliphatic rings. The van der Waals surface area contributed by atoms with Crippen LogP contribution in [0.4, 0.5) is 5.69 Å². The van der Waals surface area contributed by atoms with Gasteiger partial charge in [0.25, 0.3) is 0 Å². The normalized spacial score (nSPS) is 21.3. The zero-order valence-corrected chi connectivity index (χ0v) is 15.0. The van der Waals surface area contributed by atoms with Crippen molar-refractivity contribution in [3.8, 4) is 0 Å². The molecule has 0 N–H and O–H groups in total. The molecule has 0 spiro atoms. The fourth-order valence-electron chi connectivity index (χ4n) is 3.50. The fourth-order valence-corrected chi connectivity index (χ4v) is 5.66. The summed E-state index contributed by atoms with van der Waals surface area (Å²) < 4.78 is 0. The minimum absolute atomic E-state index is 0.596. The lowest BCUT2D eigenvalue weighted by Crippen LogP contribution is -2.38. The lowest BCUT2D eigenvalue weighted by atomic mass is 10.0. The molecular weight excluding hydrogens is 334 g/mol. The average molecular weight is 352 g/mol. The van der Waals surface area contributed by atoms with E-state index in [4.69, 9.17) is 4.99 Å². The number of pyridine rings is 1. The van der Waals surface area contributed by atoms with Crippen LogP contribution >= 0.6 is 23.1 Å². The highest BCUT2D eigenvalue weighted by atomic mass is 32.2. The third-order valence-electron chi connectivity index (χ3n) is 4.78. The number of thioether (sulfide) groups is 1. The number of thiophene rings is 1. The van der Waals surface area contributed by atoms with Gasteiger partial charge in [-0.25, -0.2) is 4.99 Å². The van der Waals surface area contributed by atoms with E-state index in [1.807, 2.05) is 36.2 Å². The van der Waals surface area contributed by atoms with Gasteiger partial charge < -0.3 is 4.90 Å². The van der Waals surface area contributed by atoms with E-state index in [0.717, 1.165) is 35.5 Å². The van der Waals surface area contributed by atoms with Crippen molar-refractivity contribution in [2.75, 3.05) is 5.75 Å². The fraction of sp³-hybridized carbons (Fsp3) is 0.263. The van der Waals surface area contributed by atoms with Gasteiger partial charge in [0.1, 0.15) is 0 Å². The number of rotatable bonds is 1. The van der Waals surface area contributed by atoms with Gasteiger partial charge in [-0.2, -0.15) is 0 Å². The van der Waals surface area contributed by atoms with Gasteiger partial charge in [-0.05, 0) is 36.1 Å². The lowest BCUT2D eigenvalue weighted by Gasteiger charge is -2.30. The number of aliphatic imine (C=N–C) groups is 1. The third kappa shape index (κ3) is 2.34. The summed E-state index contributed by atoms with van der Waals surface area (Å²) in [5, 5.41) is 5.73. The molecule has 2 aromatic heterocycles. The SMILES string of the molecule is Cc1cc2c(N=C3SCC4Cc5sccc5CN34)cccc2cn1. The molecule has 0 amide bonds. The van der Waals surface area contributed by atoms with E-state index in [9.17, 15) is 0 Å². The number of hydrogen-bond acceptors (Lipinski definition) is 4. The quantitative estimate of drug-likeness (QED) is 0.632. The Hall–Kier alpha value is -1.85. The number of aryl methyl sites for hydroxylation is 1. The summed E-state index contributed by atoms with van der Waals surface area (Å²) in [6.07, 6.45) is 3.11. The van der Waals surface area contributed by atoms with Gasteiger partial charge in [0.2, 0.25) is 0 Å². The summed E-state index contributed by atoms with van der Waals surface area (Å²) >= 11 is 3.79. The number of aromatic nitrogens is 1. The van der Waals surface area contributed by atoms with Crippen molar-refractivity contribution in [3.05, 3.63) is 58.0 Å². The summed E-state index contributed by atoms with van der Waals surface area (Å²) in [4.78, 5) is 13.5. The van der Waals surface area contributed by atoms with E-state index < -0.39 is 0 Å². The zero-order chi connectivity index (χ0) is 16.1. The summed E-state index contributed by atoms with van der Waals surface area (Å²) in [6.45, 7) is 3.03. The van der Waals surface area contributed by atoms with Crippen molar-refractivity contribution in [2.45, 2.75) is 25.9 Å². The van der Waals surface area contributed by atoms with Gasteiger partial charge in [0, 0.05) is 52.3 Å². The molecule has 0 bridgehead atoms. The number of hydrogen-bond donors (Lipinski definition) is 0. The first-order valence-electron chi connectivity index (χ1n) is 8.17. The molecule has 0 aliphatic carbocycles. The first-order chi connectivity index (χ1) is 11.8. The molecule has 1 fully saturated rings. The maximum absolute atomic E-state index is 5.05. The number of benzene rings is 1. The van der Waals surface area contributed by atoms with Crippen LogP contribution in [0.3, 0.4) is 0 Å². The molecule has 24 heavy (non-hydrogen) atoms. The van der Waals surface area contributed by atoms with Crippen LogP contribution in [0.5, 0.6) is 0 Å². The second kappa shape index (κ2) is 5.60. The monoisotopic (exact) mass is 351 g/mol. The van der Waals surface area contributed by atoms with Gasteiger partial charge in [-0.3, -0.25) is 4.98 Å². The van der Waals surface area contributed by atoms with Crippen LogP contribution in [0.25, 0.3) is 10.8 Å². The van der Waals surface area contributed by atoms with Crippen LogP contribution in [-0.4, -0.2) is 26.8 Å². The van der Waals surface area contributed by atoms with E-state index in [2.05, 4.69) is 45.6 Å². The van der Waals surface area contributed by atoms with Gasteiger partial charge in [0.05, 0.1) is 5.69 Å². The van der Waals surface area contributed by atoms with Crippen LogP contribution in [0.2, 0.25) is 0 Å². The van der Waals surface area contributed by atoms with E-state index in [1.165, 1.54) is 16.1 Å². The van der Waals surface area contributed by atoms with Crippen molar-refractivity contribution in [3.63, 3.8) is 0 Å². The summed E-state index contributed by atoms with van der Waals surface area (Å²) in [5.41, 5.74) is 3.56. The Labute approximate surface area is 149 Å². The molecule has 3 aromatic rings. The predicted molar refractivity (Wildman–Crippen MR) is 103 cm³/mol. The number of amidine groups is 1. The molecule has 1 unspecified atom stereocenters. The predicted octanol–water partition coefficient (Wildman–Crippen LogP) is 4.77. The molecule has 120 valence electrons. The smallest absolute Gasteiger partial charge is 0.165 e. The van der Waals surface area contributed by atoms with Gasteiger partial charge in [0.15, 0.2) is 5.17 Å². The van der Waals surface area contributed by atoms with Crippen molar-refractivity contribution in [2.24, 2.45) is 4.99 Å². The average Bonchev–Trinajstić information content (AvgIpc) is 3.20. The Kier molecular flexibility index (Phi) is 3.38. The Morgan fingerprint density at radius 1 is 1.29 bits per heavy atom.